The molecule has 0 bridgehead atoms. The second kappa shape index (κ2) is 10.9. The summed E-state index contributed by atoms with van der Waals surface area (Å²) in [5.41, 5.74) is 2.99. The van der Waals surface area contributed by atoms with Crippen molar-refractivity contribution in [2.75, 3.05) is 11.9 Å². The number of hydrogen-bond donors (Lipinski definition) is 3. The normalized spacial score (nSPS) is 13.0. The van der Waals surface area contributed by atoms with Crippen LogP contribution in [0.5, 0.6) is 5.75 Å². The van der Waals surface area contributed by atoms with E-state index in [4.69, 9.17) is 4.74 Å². The molecule has 1 aromatic carbocycles. The Balaban J connectivity index is 1.83. The Labute approximate surface area is 211 Å². The number of aromatic nitrogens is 4. The number of nitrogens with one attached hydrogen (secondary N) is 2. The maximum Gasteiger partial charge on any atom is 0.246 e. The molecule has 0 aliphatic carbocycles. The number of aliphatic hydroxyl groups excluding tert-OH is 1. The number of carbonyl (C=O) groups is 1. The zero-order valence-electron chi connectivity index (χ0n) is 21.7. The highest BCUT2D eigenvalue weighted by Crippen LogP contribution is 2.44. The second-order valence-electron chi connectivity index (χ2n) is 10.2. The number of anilines is 1. The first-order valence-corrected chi connectivity index (χ1v) is 12.9. The summed E-state index contributed by atoms with van der Waals surface area (Å²) in [4.78, 5) is 14.8. The average molecular weight is 500 g/mol. The number of hydrogen-bond acceptors (Lipinski definition) is 7. The summed E-state index contributed by atoms with van der Waals surface area (Å²) >= 11 is 1.69. The van der Waals surface area contributed by atoms with Crippen LogP contribution in [0.3, 0.4) is 0 Å². The van der Waals surface area contributed by atoms with Crippen molar-refractivity contribution in [3.05, 3.63) is 50.7 Å². The zero-order chi connectivity index (χ0) is 25.8. The predicted octanol–water partition coefficient (Wildman–Crippen LogP) is 4.95. The fourth-order valence-corrected chi connectivity index (χ4v) is 5.67. The van der Waals surface area contributed by atoms with E-state index in [1.165, 1.54) is 10.4 Å². The zero-order valence-corrected chi connectivity index (χ0v) is 22.5. The van der Waals surface area contributed by atoms with E-state index in [9.17, 15) is 9.90 Å². The molecule has 1 amide bonds. The predicted molar refractivity (Wildman–Crippen MR) is 139 cm³/mol. The molecule has 0 radical (unpaired) electrons. The van der Waals surface area contributed by atoms with Crippen molar-refractivity contribution >= 4 is 23.2 Å². The van der Waals surface area contributed by atoms with Gasteiger partial charge in [0, 0.05) is 15.2 Å². The SMILES string of the molecule is CCC(CC)(c1ccc(OCC(O)C(C)(C)C)c(C)c1)c1cc(C)c(CC(=O)Nc2nnn[nH]2)s1. The number of aromatic amines is 1. The van der Waals surface area contributed by atoms with Gasteiger partial charge in [-0.25, -0.2) is 5.10 Å². The molecule has 9 heteroatoms. The van der Waals surface area contributed by atoms with Gasteiger partial charge < -0.3 is 9.84 Å². The minimum atomic E-state index is -0.544. The Kier molecular flexibility index (Phi) is 8.33. The molecule has 35 heavy (non-hydrogen) atoms. The van der Waals surface area contributed by atoms with Crippen LogP contribution in [0, 0.1) is 19.3 Å². The Morgan fingerprint density at radius 1 is 1.17 bits per heavy atom. The summed E-state index contributed by atoms with van der Waals surface area (Å²) in [7, 11) is 0. The van der Waals surface area contributed by atoms with Crippen molar-refractivity contribution in [3.8, 4) is 5.75 Å². The van der Waals surface area contributed by atoms with E-state index in [1.807, 2.05) is 33.8 Å². The number of nitrogens with zero attached hydrogens (tertiary/aromatic N) is 3. The van der Waals surface area contributed by atoms with Gasteiger partial charge >= 0.3 is 0 Å². The van der Waals surface area contributed by atoms with Crippen molar-refractivity contribution in [1.82, 2.24) is 20.6 Å². The van der Waals surface area contributed by atoms with Gasteiger partial charge in [0.05, 0.1) is 12.5 Å². The van der Waals surface area contributed by atoms with Gasteiger partial charge in [0.15, 0.2) is 0 Å². The van der Waals surface area contributed by atoms with Crippen LogP contribution in [-0.2, 0) is 16.6 Å². The third kappa shape index (κ3) is 6.08. The van der Waals surface area contributed by atoms with E-state index >= 15 is 0 Å². The molecule has 8 nitrogen and oxygen atoms in total. The van der Waals surface area contributed by atoms with Crippen molar-refractivity contribution in [3.63, 3.8) is 0 Å². The Bertz CT molecular complexity index is 1130. The molecule has 2 aromatic heterocycles. The van der Waals surface area contributed by atoms with Gasteiger partial charge in [0.25, 0.3) is 0 Å². The van der Waals surface area contributed by atoms with Crippen LogP contribution in [0.1, 0.15) is 73.9 Å². The topological polar surface area (TPSA) is 113 Å². The number of amides is 1. The van der Waals surface area contributed by atoms with Crippen LogP contribution in [0.4, 0.5) is 5.95 Å². The molecule has 0 saturated heterocycles. The van der Waals surface area contributed by atoms with Crippen LogP contribution in [-0.4, -0.2) is 44.3 Å². The molecule has 1 unspecified atom stereocenters. The lowest BCUT2D eigenvalue weighted by atomic mass is 9.74. The fourth-order valence-electron chi connectivity index (χ4n) is 4.14. The summed E-state index contributed by atoms with van der Waals surface area (Å²) in [6.07, 6.45) is 1.59. The molecule has 2 heterocycles. The number of ether oxygens (including phenoxy) is 1. The number of carbonyl (C=O) groups excluding carboxylic acids is 1. The van der Waals surface area contributed by atoms with Gasteiger partial charge in [0.2, 0.25) is 11.9 Å². The molecule has 0 aliphatic rings. The van der Waals surface area contributed by atoms with E-state index in [0.717, 1.165) is 34.6 Å². The van der Waals surface area contributed by atoms with Crippen molar-refractivity contribution in [2.45, 2.75) is 79.2 Å². The van der Waals surface area contributed by atoms with Crippen molar-refractivity contribution < 1.29 is 14.6 Å². The standard InChI is InChI=1S/C26H37N5O3S/c1-8-26(9-2,18-10-11-19(16(3)12-18)34-15-21(32)25(5,6)7)22-13-17(4)20(35-22)14-23(33)27-24-28-30-31-29-24/h10-13,21,32H,8-9,14-15H2,1-7H3,(H2,27,28,29,30,31,33). The summed E-state index contributed by atoms with van der Waals surface area (Å²) in [6.45, 7) is 14.8. The molecule has 3 aromatic rings. The average Bonchev–Trinajstić information content (AvgIpc) is 3.43. The van der Waals surface area contributed by atoms with Gasteiger partial charge in [-0.05, 0) is 71.4 Å². The van der Waals surface area contributed by atoms with Crippen LogP contribution < -0.4 is 10.1 Å². The molecule has 0 spiro atoms. The summed E-state index contributed by atoms with van der Waals surface area (Å²) < 4.78 is 5.97. The Morgan fingerprint density at radius 2 is 1.89 bits per heavy atom. The highest BCUT2D eigenvalue weighted by molar-refractivity contribution is 7.12. The quantitative estimate of drug-likeness (QED) is 0.364. The first kappa shape index (κ1) is 26.8. The monoisotopic (exact) mass is 499 g/mol. The number of thiophene rings is 1. The third-order valence-electron chi connectivity index (χ3n) is 6.75. The molecule has 190 valence electrons. The molecule has 0 aliphatic heterocycles. The number of tetrazole rings is 1. The summed E-state index contributed by atoms with van der Waals surface area (Å²) in [5, 5.41) is 26.3. The lowest BCUT2D eigenvalue weighted by Crippen LogP contribution is -2.32. The largest absolute Gasteiger partial charge is 0.491 e. The maximum absolute atomic E-state index is 12.5. The number of benzene rings is 1. The second-order valence-corrected chi connectivity index (χ2v) is 11.3. The minimum Gasteiger partial charge on any atom is -0.491 e. The Morgan fingerprint density at radius 3 is 2.46 bits per heavy atom. The van der Waals surface area contributed by atoms with E-state index in [-0.39, 0.29) is 35.7 Å². The van der Waals surface area contributed by atoms with Crippen LogP contribution in [0.15, 0.2) is 24.3 Å². The van der Waals surface area contributed by atoms with E-state index in [1.54, 1.807) is 11.3 Å². The first-order valence-electron chi connectivity index (χ1n) is 12.1. The molecule has 3 rings (SSSR count). The lowest BCUT2D eigenvalue weighted by molar-refractivity contribution is -0.115. The Hall–Kier alpha value is -2.78. The van der Waals surface area contributed by atoms with E-state index < -0.39 is 6.10 Å². The van der Waals surface area contributed by atoms with Gasteiger partial charge in [-0.2, -0.15) is 0 Å². The van der Waals surface area contributed by atoms with E-state index in [2.05, 4.69) is 64.9 Å². The fraction of sp³-hybridized carbons (Fsp3) is 0.538. The highest BCUT2D eigenvalue weighted by atomic mass is 32.1. The van der Waals surface area contributed by atoms with Crippen LogP contribution >= 0.6 is 11.3 Å². The van der Waals surface area contributed by atoms with Crippen LogP contribution in [0.2, 0.25) is 0 Å². The number of aliphatic hydroxyl groups is 1. The molecule has 0 saturated carbocycles. The number of rotatable bonds is 10. The van der Waals surface area contributed by atoms with Gasteiger partial charge in [-0.15, -0.1) is 11.3 Å². The first-order chi connectivity index (χ1) is 16.5. The number of aryl methyl sites for hydroxylation is 2. The van der Waals surface area contributed by atoms with Crippen LogP contribution in [0.25, 0.3) is 0 Å². The van der Waals surface area contributed by atoms with Gasteiger partial charge in [0.1, 0.15) is 12.4 Å². The molecule has 0 fully saturated rings. The van der Waals surface area contributed by atoms with Crippen molar-refractivity contribution in [2.24, 2.45) is 5.41 Å². The molecular weight excluding hydrogens is 462 g/mol. The maximum atomic E-state index is 12.5. The summed E-state index contributed by atoms with van der Waals surface area (Å²) in [6, 6.07) is 8.57. The molecular formula is C26H37N5O3S. The summed E-state index contributed by atoms with van der Waals surface area (Å²) in [5.74, 6) is 0.877. The van der Waals surface area contributed by atoms with Gasteiger partial charge in [-0.1, -0.05) is 51.9 Å². The minimum absolute atomic E-state index is 0.159. The van der Waals surface area contributed by atoms with Crippen molar-refractivity contribution in [1.29, 1.82) is 0 Å². The van der Waals surface area contributed by atoms with Gasteiger partial charge in [-0.3, -0.25) is 10.1 Å². The number of H-pyrrole nitrogens is 1. The highest BCUT2D eigenvalue weighted by Gasteiger charge is 2.33. The molecule has 1 atom stereocenters. The smallest absolute Gasteiger partial charge is 0.246 e. The molecule has 3 N–H and O–H groups in total. The third-order valence-corrected chi connectivity index (χ3v) is 8.19. The lowest BCUT2D eigenvalue weighted by Gasteiger charge is -2.32. The van der Waals surface area contributed by atoms with E-state index in [0.29, 0.717) is 0 Å².